The number of hydrogen-bond donors (Lipinski definition) is 2. The zero-order valence-corrected chi connectivity index (χ0v) is 20.3. The van der Waals surface area contributed by atoms with Crippen molar-refractivity contribution in [1.29, 1.82) is 0 Å². The molecule has 1 aromatic carbocycles. The first-order valence-corrected chi connectivity index (χ1v) is 11.6. The van der Waals surface area contributed by atoms with Crippen LogP contribution in [0, 0.1) is 17.8 Å². The number of fused-ring (bicyclic) bond motifs is 3. The highest BCUT2D eigenvalue weighted by Gasteiger charge is 2.54. The molecule has 1 saturated heterocycles. The highest BCUT2D eigenvalue weighted by atomic mass is 127. The van der Waals surface area contributed by atoms with Crippen molar-refractivity contribution in [2.45, 2.75) is 56.9 Å². The SMILES string of the molecule is CN=C(NCC1C2Cc3ccccc3C12)NC1CCN(C(=O)C2CCCCC2)C1.I. The molecule has 6 heteroatoms. The van der Waals surface area contributed by atoms with Gasteiger partial charge in [-0.05, 0) is 54.6 Å². The van der Waals surface area contributed by atoms with Gasteiger partial charge in [-0.3, -0.25) is 9.79 Å². The van der Waals surface area contributed by atoms with Crippen LogP contribution in [0.15, 0.2) is 29.3 Å². The maximum atomic E-state index is 12.8. The van der Waals surface area contributed by atoms with Crippen LogP contribution in [-0.4, -0.2) is 49.5 Å². The van der Waals surface area contributed by atoms with Crippen LogP contribution in [0.1, 0.15) is 55.6 Å². The van der Waals surface area contributed by atoms with E-state index in [1.165, 1.54) is 25.7 Å². The fourth-order valence-corrected chi connectivity index (χ4v) is 6.05. The molecule has 0 spiro atoms. The zero-order valence-electron chi connectivity index (χ0n) is 18.0. The lowest BCUT2D eigenvalue weighted by Gasteiger charge is -2.26. The van der Waals surface area contributed by atoms with E-state index in [4.69, 9.17) is 0 Å². The van der Waals surface area contributed by atoms with Gasteiger partial charge in [0, 0.05) is 38.6 Å². The maximum absolute atomic E-state index is 12.8. The van der Waals surface area contributed by atoms with Crippen LogP contribution in [0.3, 0.4) is 0 Å². The first-order chi connectivity index (χ1) is 14.2. The minimum atomic E-state index is 0. The topological polar surface area (TPSA) is 56.7 Å². The second-order valence-corrected chi connectivity index (χ2v) is 9.46. The summed E-state index contributed by atoms with van der Waals surface area (Å²) >= 11 is 0. The molecule has 4 unspecified atom stereocenters. The summed E-state index contributed by atoms with van der Waals surface area (Å²) in [5.74, 6) is 3.84. The number of aliphatic imine (C=N–C) groups is 1. The highest BCUT2D eigenvalue weighted by Crippen LogP contribution is 2.60. The Kier molecular flexibility index (Phi) is 6.90. The minimum absolute atomic E-state index is 0. The van der Waals surface area contributed by atoms with E-state index in [1.807, 2.05) is 7.05 Å². The monoisotopic (exact) mass is 522 g/mol. The van der Waals surface area contributed by atoms with Crippen molar-refractivity contribution in [2.24, 2.45) is 22.7 Å². The molecule has 1 aromatic rings. The number of amides is 1. The lowest BCUT2D eigenvalue weighted by atomic mass is 9.88. The van der Waals surface area contributed by atoms with E-state index in [0.29, 0.717) is 11.9 Å². The van der Waals surface area contributed by atoms with Gasteiger partial charge in [0.15, 0.2) is 5.96 Å². The number of guanidine groups is 1. The number of halogens is 1. The summed E-state index contributed by atoms with van der Waals surface area (Å²) in [4.78, 5) is 19.3. The molecule has 164 valence electrons. The average molecular weight is 522 g/mol. The van der Waals surface area contributed by atoms with Gasteiger partial charge in [0.25, 0.3) is 0 Å². The Morgan fingerprint density at radius 1 is 1.17 bits per heavy atom. The normalized spacial score (nSPS) is 30.3. The molecule has 30 heavy (non-hydrogen) atoms. The van der Waals surface area contributed by atoms with Crippen LogP contribution in [-0.2, 0) is 11.2 Å². The van der Waals surface area contributed by atoms with Gasteiger partial charge in [0.1, 0.15) is 0 Å². The van der Waals surface area contributed by atoms with Crippen LogP contribution in [0.5, 0.6) is 0 Å². The Labute approximate surface area is 197 Å². The molecule has 5 nitrogen and oxygen atoms in total. The molecule has 4 atom stereocenters. The van der Waals surface area contributed by atoms with Crippen molar-refractivity contribution in [2.75, 3.05) is 26.7 Å². The average Bonchev–Trinajstić information content (AvgIpc) is 3.09. The summed E-state index contributed by atoms with van der Waals surface area (Å²) in [5.41, 5.74) is 3.12. The van der Waals surface area contributed by atoms with E-state index >= 15 is 0 Å². The number of carbonyl (C=O) groups excluding carboxylic acids is 1. The van der Waals surface area contributed by atoms with Crippen molar-refractivity contribution < 1.29 is 4.79 Å². The number of benzene rings is 1. The summed E-state index contributed by atoms with van der Waals surface area (Å²) in [6, 6.07) is 9.24. The van der Waals surface area contributed by atoms with E-state index in [9.17, 15) is 4.79 Å². The molecule has 1 heterocycles. The van der Waals surface area contributed by atoms with Gasteiger partial charge in [0.2, 0.25) is 5.91 Å². The van der Waals surface area contributed by atoms with Crippen LogP contribution in [0.25, 0.3) is 0 Å². The largest absolute Gasteiger partial charge is 0.356 e. The number of rotatable bonds is 4. The zero-order chi connectivity index (χ0) is 19.8. The van der Waals surface area contributed by atoms with Gasteiger partial charge in [-0.25, -0.2) is 0 Å². The predicted octanol–water partition coefficient (Wildman–Crippen LogP) is 3.54. The van der Waals surface area contributed by atoms with Crippen molar-refractivity contribution in [1.82, 2.24) is 15.5 Å². The molecule has 3 aliphatic carbocycles. The van der Waals surface area contributed by atoms with Crippen LogP contribution in [0.4, 0.5) is 0 Å². The van der Waals surface area contributed by atoms with Crippen molar-refractivity contribution >= 4 is 35.8 Å². The third kappa shape index (κ3) is 4.34. The second-order valence-electron chi connectivity index (χ2n) is 9.46. The van der Waals surface area contributed by atoms with Crippen molar-refractivity contribution in [3.8, 4) is 0 Å². The van der Waals surface area contributed by atoms with Gasteiger partial charge in [-0.1, -0.05) is 43.5 Å². The van der Waals surface area contributed by atoms with Gasteiger partial charge in [0.05, 0.1) is 0 Å². The molecule has 0 aromatic heterocycles. The fraction of sp³-hybridized carbons (Fsp3) is 0.667. The van der Waals surface area contributed by atoms with E-state index < -0.39 is 0 Å². The molecule has 3 fully saturated rings. The van der Waals surface area contributed by atoms with Gasteiger partial charge >= 0.3 is 0 Å². The first-order valence-electron chi connectivity index (χ1n) is 11.6. The molecule has 0 radical (unpaired) electrons. The Balaban J connectivity index is 0.00000218. The number of hydrogen-bond acceptors (Lipinski definition) is 2. The van der Waals surface area contributed by atoms with Crippen LogP contribution in [0.2, 0.25) is 0 Å². The molecule has 1 aliphatic heterocycles. The number of carbonyl (C=O) groups is 1. The molecule has 2 saturated carbocycles. The van der Waals surface area contributed by atoms with Gasteiger partial charge in [-0.2, -0.15) is 0 Å². The Bertz CT molecular complexity index is 791. The Hall–Kier alpha value is -1.31. The smallest absolute Gasteiger partial charge is 0.225 e. The van der Waals surface area contributed by atoms with E-state index in [1.54, 1.807) is 11.1 Å². The molecule has 0 bridgehead atoms. The Morgan fingerprint density at radius 3 is 2.77 bits per heavy atom. The lowest BCUT2D eigenvalue weighted by molar-refractivity contribution is -0.135. The molecular formula is C24H35IN4O. The summed E-state index contributed by atoms with van der Waals surface area (Å²) in [6.07, 6.45) is 8.16. The summed E-state index contributed by atoms with van der Waals surface area (Å²) in [6.45, 7) is 2.69. The standard InChI is InChI=1S/C24H34N4O.HI/c1-25-24(26-14-21-20-13-17-9-5-6-10-19(17)22(20)21)27-18-11-12-28(15-18)23(29)16-7-3-2-4-8-16;/h5-6,9-10,16,18,20-22H,2-4,7-8,11-15H2,1H3,(H2,25,26,27);1H. The van der Waals surface area contributed by atoms with Gasteiger partial charge < -0.3 is 15.5 Å². The minimum Gasteiger partial charge on any atom is -0.356 e. The quantitative estimate of drug-likeness (QED) is 0.362. The molecule has 1 amide bonds. The highest BCUT2D eigenvalue weighted by molar-refractivity contribution is 14.0. The third-order valence-electron chi connectivity index (χ3n) is 7.73. The number of nitrogens with zero attached hydrogens (tertiary/aromatic N) is 2. The molecule has 5 rings (SSSR count). The summed E-state index contributed by atoms with van der Waals surface area (Å²) in [5, 5.41) is 7.13. The first kappa shape index (κ1) is 21.9. The predicted molar refractivity (Wildman–Crippen MR) is 131 cm³/mol. The maximum Gasteiger partial charge on any atom is 0.225 e. The van der Waals surface area contributed by atoms with E-state index in [-0.39, 0.29) is 29.9 Å². The van der Waals surface area contributed by atoms with Gasteiger partial charge in [-0.15, -0.1) is 24.0 Å². The second kappa shape index (κ2) is 9.45. The Morgan fingerprint density at radius 2 is 1.97 bits per heavy atom. The van der Waals surface area contributed by atoms with Crippen molar-refractivity contribution in [3.63, 3.8) is 0 Å². The molecule has 2 N–H and O–H groups in total. The fourth-order valence-electron chi connectivity index (χ4n) is 6.05. The van der Waals surface area contributed by atoms with E-state index in [2.05, 4.69) is 44.8 Å². The van der Waals surface area contributed by atoms with E-state index in [0.717, 1.165) is 62.6 Å². The number of likely N-dealkylation sites (tertiary alicyclic amines) is 1. The van der Waals surface area contributed by atoms with Crippen molar-refractivity contribution in [3.05, 3.63) is 35.4 Å². The number of nitrogens with one attached hydrogen (secondary N) is 2. The molecular weight excluding hydrogens is 487 g/mol. The third-order valence-corrected chi connectivity index (χ3v) is 7.73. The summed E-state index contributed by atoms with van der Waals surface area (Å²) < 4.78 is 0. The summed E-state index contributed by atoms with van der Waals surface area (Å²) in [7, 11) is 1.85. The molecule has 4 aliphatic rings. The lowest BCUT2D eigenvalue weighted by Crippen LogP contribution is -2.46. The van der Waals surface area contributed by atoms with Crippen LogP contribution >= 0.6 is 24.0 Å². The van der Waals surface area contributed by atoms with Crippen LogP contribution < -0.4 is 10.6 Å².